The Morgan fingerprint density at radius 3 is 3.00 bits per heavy atom. The van der Waals surface area contributed by atoms with Crippen LogP contribution in [0.2, 0.25) is 0 Å². The van der Waals surface area contributed by atoms with Crippen molar-refractivity contribution in [3.63, 3.8) is 0 Å². The molecule has 1 heterocycles. The van der Waals surface area contributed by atoms with E-state index in [4.69, 9.17) is 14.6 Å². The van der Waals surface area contributed by atoms with Crippen LogP contribution >= 0.6 is 0 Å². The van der Waals surface area contributed by atoms with E-state index < -0.39 is 0 Å². The fourth-order valence-electron chi connectivity index (χ4n) is 1.25. The van der Waals surface area contributed by atoms with Crippen molar-refractivity contribution in [3.05, 3.63) is 0 Å². The van der Waals surface area contributed by atoms with E-state index in [-0.39, 0.29) is 12.4 Å². The lowest BCUT2D eigenvalue weighted by Gasteiger charge is -2.21. The molecule has 1 rings (SSSR count). The third kappa shape index (κ3) is 5.23. The minimum Gasteiger partial charge on any atom is -0.392 e. The molecule has 0 amide bonds. The highest BCUT2D eigenvalue weighted by Gasteiger charge is 2.12. The summed E-state index contributed by atoms with van der Waals surface area (Å²) in [7, 11) is 0. The summed E-state index contributed by atoms with van der Waals surface area (Å²) in [5, 5.41) is 8.93. The number of rotatable bonds is 3. The predicted molar refractivity (Wildman–Crippen MR) is 53.6 cm³/mol. The molecule has 0 aliphatic carbocycles. The first-order valence-electron chi connectivity index (χ1n) is 5.16. The maximum atomic E-state index is 8.93. The molecule has 0 aromatic rings. The zero-order chi connectivity index (χ0) is 10.2. The van der Waals surface area contributed by atoms with Crippen LogP contribution in [0.25, 0.3) is 0 Å². The standard InChI is InChI=1S/C11H18O3/c1-10(12)6-2-4-8-13-11-7-3-5-9-14-11/h10-12H,3,5-9H2,1H3/t10-,11?/m0/s1. The summed E-state index contributed by atoms with van der Waals surface area (Å²) >= 11 is 0. The number of aliphatic hydroxyl groups excluding tert-OH is 1. The zero-order valence-corrected chi connectivity index (χ0v) is 8.66. The summed E-state index contributed by atoms with van der Waals surface area (Å²) in [5.41, 5.74) is 0. The molecule has 1 saturated heterocycles. The van der Waals surface area contributed by atoms with Crippen molar-refractivity contribution in [3.8, 4) is 11.8 Å². The van der Waals surface area contributed by atoms with Gasteiger partial charge in [0.2, 0.25) is 0 Å². The van der Waals surface area contributed by atoms with Crippen LogP contribution in [0.1, 0.15) is 32.6 Å². The molecule has 1 aliphatic heterocycles. The molecule has 1 fully saturated rings. The highest BCUT2D eigenvalue weighted by molar-refractivity contribution is 5.00. The average Bonchev–Trinajstić information content (AvgIpc) is 2.18. The summed E-state index contributed by atoms with van der Waals surface area (Å²) in [6.07, 6.45) is 3.37. The van der Waals surface area contributed by atoms with Gasteiger partial charge in [-0.2, -0.15) is 0 Å². The fraction of sp³-hybridized carbons (Fsp3) is 0.818. The van der Waals surface area contributed by atoms with Gasteiger partial charge in [0.1, 0.15) is 6.61 Å². The van der Waals surface area contributed by atoms with Crippen molar-refractivity contribution in [1.82, 2.24) is 0 Å². The largest absolute Gasteiger partial charge is 0.392 e. The molecule has 80 valence electrons. The second-order valence-electron chi connectivity index (χ2n) is 3.51. The average molecular weight is 198 g/mol. The van der Waals surface area contributed by atoms with Crippen LogP contribution in [0, 0.1) is 11.8 Å². The van der Waals surface area contributed by atoms with E-state index in [1.807, 2.05) is 0 Å². The topological polar surface area (TPSA) is 38.7 Å². The third-order valence-electron chi connectivity index (χ3n) is 2.00. The summed E-state index contributed by atoms with van der Waals surface area (Å²) < 4.78 is 10.8. The van der Waals surface area contributed by atoms with Crippen LogP contribution < -0.4 is 0 Å². The summed E-state index contributed by atoms with van der Waals surface area (Å²) in [6, 6.07) is 0. The quantitative estimate of drug-likeness (QED) is 0.695. The van der Waals surface area contributed by atoms with Crippen LogP contribution in [0.3, 0.4) is 0 Å². The maximum absolute atomic E-state index is 8.93. The molecule has 2 atom stereocenters. The smallest absolute Gasteiger partial charge is 0.158 e. The van der Waals surface area contributed by atoms with E-state index in [2.05, 4.69) is 11.8 Å². The van der Waals surface area contributed by atoms with Gasteiger partial charge in [0.05, 0.1) is 6.10 Å². The van der Waals surface area contributed by atoms with Crippen molar-refractivity contribution < 1.29 is 14.6 Å². The predicted octanol–water partition coefficient (Wildman–Crippen LogP) is 1.30. The van der Waals surface area contributed by atoms with Crippen LogP contribution in [0.5, 0.6) is 0 Å². The molecule has 3 heteroatoms. The Kier molecular flexibility index (Phi) is 5.62. The van der Waals surface area contributed by atoms with E-state index in [0.717, 1.165) is 19.4 Å². The van der Waals surface area contributed by atoms with E-state index in [9.17, 15) is 0 Å². The van der Waals surface area contributed by atoms with Crippen molar-refractivity contribution in [2.24, 2.45) is 0 Å². The lowest BCUT2D eigenvalue weighted by molar-refractivity contribution is -0.154. The summed E-state index contributed by atoms with van der Waals surface area (Å²) in [6.45, 7) is 2.92. The summed E-state index contributed by atoms with van der Waals surface area (Å²) in [4.78, 5) is 0. The Bertz CT molecular complexity index is 196. The van der Waals surface area contributed by atoms with Gasteiger partial charge in [0, 0.05) is 13.0 Å². The van der Waals surface area contributed by atoms with E-state index >= 15 is 0 Å². The number of hydrogen-bond acceptors (Lipinski definition) is 3. The van der Waals surface area contributed by atoms with E-state index in [0.29, 0.717) is 13.0 Å². The Labute approximate surface area is 85.4 Å². The van der Waals surface area contributed by atoms with Gasteiger partial charge in [-0.3, -0.25) is 0 Å². The molecule has 14 heavy (non-hydrogen) atoms. The van der Waals surface area contributed by atoms with Gasteiger partial charge in [0.25, 0.3) is 0 Å². The molecular formula is C11H18O3. The molecular weight excluding hydrogens is 180 g/mol. The molecule has 0 saturated carbocycles. The van der Waals surface area contributed by atoms with Crippen molar-refractivity contribution in [2.75, 3.05) is 13.2 Å². The molecule has 0 aromatic heterocycles. The van der Waals surface area contributed by atoms with Gasteiger partial charge >= 0.3 is 0 Å². The van der Waals surface area contributed by atoms with Crippen LogP contribution in [-0.4, -0.2) is 30.7 Å². The van der Waals surface area contributed by atoms with Crippen LogP contribution in [-0.2, 0) is 9.47 Å². The Hall–Kier alpha value is -0.560. The van der Waals surface area contributed by atoms with Crippen molar-refractivity contribution in [2.45, 2.75) is 45.0 Å². The number of hydrogen-bond donors (Lipinski definition) is 1. The van der Waals surface area contributed by atoms with Crippen molar-refractivity contribution >= 4 is 0 Å². The van der Waals surface area contributed by atoms with Crippen LogP contribution in [0.4, 0.5) is 0 Å². The second kappa shape index (κ2) is 6.83. The van der Waals surface area contributed by atoms with E-state index in [1.165, 1.54) is 6.42 Å². The summed E-state index contributed by atoms with van der Waals surface area (Å²) in [5.74, 6) is 5.70. The number of ether oxygens (including phenoxy) is 2. The minimum atomic E-state index is -0.353. The molecule has 3 nitrogen and oxygen atoms in total. The SMILES string of the molecule is C[C@H](O)CC#CCOC1CCCCO1. The first-order chi connectivity index (χ1) is 6.79. The molecule has 0 bridgehead atoms. The highest BCUT2D eigenvalue weighted by atomic mass is 16.7. The molecule has 0 aromatic carbocycles. The lowest BCUT2D eigenvalue weighted by atomic mass is 10.2. The third-order valence-corrected chi connectivity index (χ3v) is 2.00. The van der Waals surface area contributed by atoms with Gasteiger partial charge in [-0.1, -0.05) is 11.8 Å². The Morgan fingerprint density at radius 2 is 2.36 bits per heavy atom. The Morgan fingerprint density at radius 1 is 1.50 bits per heavy atom. The van der Waals surface area contributed by atoms with Gasteiger partial charge in [0.15, 0.2) is 6.29 Å². The normalized spacial score (nSPS) is 23.7. The maximum Gasteiger partial charge on any atom is 0.158 e. The first-order valence-corrected chi connectivity index (χ1v) is 5.16. The Balaban J connectivity index is 2.03. The van der Waals surface area contributed by atoms with Gasteiger partial charge in [-0.05, 0) is 26.2 Å². The van der Waals surface area contributed by atoms with Crippen LogP contribution in [0.15, 0.2) is 0 Å². The minimum absolute atomic E-state index is 0.0652. The van der Waals surface area contributed by atoms with Gasteiger partial charge < -0.3 is 14.6 Å². The van der Waals surface area contributed by atoms with Gasteiger partial charge in [-0.15, -0.1) is 0 Å². The molecule has 0 spiro atoms. The molecule has 0 radical (unpaired) electrons. The zero-order valence-electron chi connectivity index (χ0n) is 8.66. The molecule has 1 aliphatic rings. The second-order valence-corrected chi connectivity index (χ2v) is 3.51. The van der Waals surface area contributed by atoms with Crippen molar-refractivity contribution in [1.29, 1.82) is 0 Å². The number of aliphatic hydroxyl groups is 1. The lowest BCUT2D eigenvalue weighted by Crippen LogP contribution is -2.22. The fourth-order valence-corrected chi connectivity index (χ4v) is 1.25. The van der Waals surface area contributed by atoms with E-state index in [1.54, 1.807) is 6.92 Å². The molecule has 1 unspecified atom stereocenters. The van der Waals surface area contributed by atoms with Gasteiger partial charge in [-0.25, -0.2) is 0 Å². The highest BCUT2D eigenvalue weighted by Crippen LogP contribution is 2.12. The first kappa shape index (κ1) is 11.5. The molecule has 1 N–H and O–H groups in total. The monoisotopic (exact) mass is 198 g/mol.